The van der Waals surface area contributed by atoms with Crippen molar-refractivity contribution in [3.05, 3.63) is 41.2 Å². The molecule has 5 nitrogen and oxygen atoms in total. The van der Waals surface area contributed by atoms with E-state index < -0.39 is 5.60 Å². The molecule has 2 aromatic rings. The lowest BCUT2D eigenvalue weighted by Gasteiger charge is -2.28. The summed E-state index contributed by atoms with van der Waals surface area (Å²) in [5.74, 6) is 0. The highest BCUT2D eigenvalue weighted by atomic mass is 16.6. The van der Waals surface area contributed by atoms with E-state index in [0.29, 0.717) is 6.54 Å². The van der Waals surface area contributed by atoms with E-state index in [0.717, 1.165) is 48.4 Å². The van der Waals surface area contributed by atoms with E-state index in [4.69, 9.17) is 4.74 Å². The highest BCUT2D eigenvalue weighted by Crippen LogP contribution is 2.35. The van der Waals surface area contributed by atoms with Crippen LogP contribution in [0.4, 0.5) is 4.79 Å². The highest BCUT2D eigenvalue weighted by molar-refractivity contribution is 5.90. The second-order valence-electron chi connectivity index (χ2n) is 7.76. The van der Waals surface area contributed by atoms with Gasteiger partial charge in [-0.15, -0.1) is 0 Å². The molecule has 2 N–H and O–H groups in total. The van der Waals surface area contributed by atoms with Gasteiger partial charge >= 0.3 is 6.09 Å². The van der Waals surface area contributed by atoms with Crippen LogP contribution >= 0.6 is 0 Å². The SMILES string of the molecule is CC(C)(C)OC(=O)N1CCC/C1=C1/NCCc2c1[nH]c1ccccc21. The van der Waals surface area contributed by atoms with Crippen LogP contribution in [0.15, 0.2) is 30.0 Å². The fraction of sp³-hybridized carbons (Fsp3) is 0.450. The first kappa shape index (κ1) is 16.1. The maximum atomic E-state index is 12.6. The molecule has 1 saturated heterocycles. The molecule has 3 heterocycles. The molecular formula is C20H25N3O2. The highest BCUT2D eigenvalue weighted by Gasteiger charge is 2.32. The van der Waals surface area contributed by atoms with Crippen LogP contribution in [0, 0.1) is 0 Å². The summed E-state index contributed by atoms with van der Waals surface area (Å²) < 4.78 is 5.60. The summed E-state index contributed by atoms with van der Waals surface area (Å²) in [6.45, 7) is 7.31. The third-order valence-corrected chi connectivity index (χ3v) is 4.76. The molecule has 0 saturated carbocycles. The maximum absolute atomic E-state index is 12.6. The predicted molar refractivity (Wildman–Crippen MR) is 99.1 cm³/mol. The van der Waals surface area contributed by atoms with Crippen LogP contribution in [-0.2, 0) is 11.2 Å². The van der Waals surface area contributed by atoms with E-state index in [1.165, 1.54) is 10.9 Å². The van der Waals surface area contributed by atoms with Crippen molar-refractivity contribution in [3.63, 3.8) is 0 Å². The number of aromatic amines is 1. The van der Waals surface area contributed by atoms with E-state index in [-0.39, 0.29) is 6.09 Å². The van der Waals surface area contributed by atoms with Crippen molar-refractivity contribution in [2.24, 2.45) is 0 Å². The van der Waals surface area contributed by atoms with Gasteiger partial charge in [-0.3, -0.25) is 4.90 Å². The number of amides is 1. The molecular weight excluding hydrogens is 314 g/mol. The molecule has 0 atom stereocenters. The number of rotatable bonds is 0. The van der Waals surface area contributed by atoms with Crippen molar-refractivity contribution in [1.29, 1.82) is 0 Å². The minimum absolute atomic E-state index is 0.252. The van der Waals surface area contributed by atoms with Crippen LogP contribution in [-0.4, -0.2) is 34.7 Å². The molecule has 0 aliphatic carbocycles. The fourth-order valence-corrected chi connectivity index (χ4v) is 3.77. The van der Waals surface area contributed by atoms with Crippen LogP contribution in [0.5, 0.6) is 0 Å². The number of carbonyl (C=O) groups is 1. The molecule has 4 rings (SSSR count). The van der Waals surface area contributed by atoms with Gasteiger partial charge in [-0.2, -0.15) is 0 Å². The van der Waals surface area contributed by atoms with Gasteiger partial charge in [0.1, 0.15) is 5.60 Å². The first-order valence-electron chi connectivity index (χ1n) is 9.01. The van der Waals surface area contributed by atoms with Gasteiger partial charge in [-0.25, -0.2) is 4.79 Å². The Morgan fingerprint density at radius 3 is 2.80 bits per heavy atom. The van der Waals surface area contributed by atoms with E-state index in [9.17, 15) is 4.79 Å². The smallest absolute Gasteiger partial charge is 0.414 e. The molecule has 1 aromatic carbocycles. The molecule has 25 heavy (non-hydrogen) atoms. The van der Waals surface area contributed by atoms with E-state index in [2.05, 4.69) is 28.5 Å². The number of allylic oxidation sites excluding steroid dienone is 1. The lowest BCUT2D eigenvalue weighted by Crippen LogP contribution is -2.36. The van der Waals surface area contributed by atoms with E-state index in [1.54, 1.807) is 4.90 Å². The zero-order valence-corrected chi connectivity index (χ0v) is 15.1. The Hall–Kier alpha value is -2.43. The van der Waals surface area contributed by atoms with Crippen molar-refractivity contribution in [2.45, 2.75) is 45.6 Å². The van der Waals surface area contributed by atoms with Gasteiger partial charge in [0.25, 0.3) is 0 Å². The summed E-state index contributed by atoms with van der Waals surface area (Å²) in [4.78, 5) is 18.0. The number of likely N-dealkylation sites (tertiary alicyclic amines) is 1. The maximum Gasteiger partial charge on any atom is 0.414 e. The first-order chi connectivity index (χ1) is 11.9. The molecule has 1 fully saturated rings. The number of fused-ring (bicyclic) bond motifs is 3. The number of benzene rings is 1. The molecule has 5 heteroatoms. The van der Waals surface area contributed by atoms with Gasteiger partial charge in [0.2, 0.25) is 0 Å². The number of carbonyl (C=O) groups excluding carboxylic acids is 1. The predicted octanol–water partition coefficient (Wildman–Crippen LogP) is 4.01. The normalized spacial score (nSPS) is 20.5. The number of hydrogen-bond acceptors (Lipinski definition) is 3. The summed E-state index contributed by atoms with van der Waals surface area (Å²) in [5.41, 5.74) is 5.23. The van der Waals surface area contributed by atoms with Crippen LogP contribution in [0.2, 0.25) is 0 Å². The van der Waals surface area contributed by atoms with Gasteiger partial charge in [-0.05, 0) is 51.7 Å². The summed E-state index contributed by atoms with van der Waals surface area (Å²) in [7, 11) is 0. The van der Waals surface area contributed by atoms with Crippen molar-refractivity contribution in [1.82, 2.24) is 15.2 Å². The van der Waals surface area contributed by atoms with Gasteiger partial charge in [0, 0.05) is 29.7 Å². The fourth-order valence-electron chi connectivity index (χ4n) is 3.77. The quantitative estimate of drug-likeness (QED) is 0.762. The van der Waals surface area contributed by atoms with Gasteiger partial charge in [-0.1, -0.05) is 18.2 Å². The van der Waals surface area contributed by atoms with Crippen molar-refractivity contribution in [3.8, 4) is 0 Å². The Balaban J connectivity index is 1.77. The zero-order chi connectivity index (χ0) is 17.6. The summed E-state index contributed by atoms with van der Waals surface area (Å²) >= 11 is 0. The minimum Gasteiger partial charge on any atom is -0.443 e. The van der Waals surface area contributed by atoms with Crippen LogP contribution in [0.1, 0.15) is 44.9 Å². The first-order valence-corrected chi connectivity index (χ1v) is 9.01. The number of hydrogen-bond donors (Lipinski definition) is 2. The van der Waals surface area contributed by atoms with Crippen LogP contribution in [0.25, 0.3) is 16.6 Å². The molecule has 132 valence electrons. The van der Waals surface area contributed by atoms with Gasteiger partial charge in [0.15, 0.2) is 0 Å². The molecule has 2 aliphatic heterocycles. The number of ether oxygens (including phenoxy) is 1. The standard InChI is InChI=1S/C20H25N3O2/c1-20(2,3)25-19(24)23-12-6-9-16(23)18-17-14(10-11-21-18)13-7-4-5-8-15(13)22-17/h4-5,7-8,21-22H,6,9-12H2,1-3H3/b18-16-. The molecule has 0 unspecified atom stereocenters. The minimum atomic E-state index is -0.484. The zero-order valence-electron chi connectivity index (χ0n) is 15.1. The molecule has 0 radical (unpaired) electrons. The van der Waals surface area contributed by atoms with Crippen molar-refractivity contribution < 1.29 is 9.53 Å². The Labute approximate surface area is 148 Å². The summed E-state index contributed by atoms with van der Waals surface area (Å²) in [6.07, 6.45) is 2.59. The largest absolute Gasteiger partial charge is 0.443 e. The third-order valence-electron chi connectivity index (χ3n) is 4.76. The molecule has 0 bridgehead atoms. The summed E-state index contributed by atoms with van der Waals surface area (Å²) in [5, 5.41) is 4.80. The van der Waals surface area contributed by atoms with Gasteiger partial charge < -0.3 is 15.0 Å². The number of H-pyrrole nitrogens is 1. The monoisotopic (exact) mass is 339 g/mol. The molecule has 2 aliphatic rings. The molecule has 0 spiro atoms. The average molecular weight is 339 g/mol. The van der Waals surface area contributed by atoms with E-state index in [1.807, 2.05) is 26.8 Å². The Kier molecular flexibility index (Phi) is 3.74. The average Bonchev–Trinajstić information content (AvgIpc) is 3.17. The number of para-hydroxylation sites is 1. The lowest BCUT2D eigenvalue weighted by atomic mass is 10.0. The second-order valence-corrected chi connectivity index (χ2v) is 7.76. The number of nitrogens with zero attached hydrogens (tertiary/aromatic N) is 1. The third kappa shape index (κ3) is 2.88. The Morgan fingerprint density at radius 1 is 1.20 bits per heavy atom. The molecule has 1 amide bonds. The van der Waals surface area contributed by atoms with E-state index >= 15 is 0 Å². The van der Waals surface area contributed by atoms with Gasteiger partial charge in [0.05, 0.1) is 11.4 Å². The van der Waals surface area contributed by atoms with Crippen molar-refractivity contribution >= 4 is 22.7 Å². The second kappa shape index (κ2) is 5.83. The Morgan fingerprint density at radius 2 is 2.00 bits per heavy atom. The lowest BCUT2D eigenvalue weighted by molar-refractivity contribution is 0.0339. The number of nitrogens with one attached hydrogen (secondary N) is 2. The summed E-state index contributed by atoms with van der Waals surface area (Å²) in [6, 6.07) is 8.40. The Bertz CT molecular complexity index is 857. The van der Waals surface area contributed by atoms with Crippen LogP contribution < -0.4 is 5.32 Å². The molecule has 1 aromatic heterocycles. The van der Waals surface area contributed by atoms with Crippen LogP contribution in [0.3, 0.4) is 0 Å². The number of aromatic nitrogens is 1. The topological polar surface area (TPSA) is 57.4 Å². The van der Waals surface area contributed by atoms with Crippen molar-refractivity contribution in [2.75, 3.05) is 13.1 Å².